The second-order valence-corrected chi connectivity index (χ2v) is 5.23. The predicted octanol–water partition coefficient (Wildman–Crippen LogP) is 1.59. The number of carbonyl (C=O) groups is 1. The molecule has 1 aliphatic rings. The number of aliphatic hydroxyl groups is 1. The summed E-state index contributed by atoms with van der Waals surface area (Å²) in [6.45, 7) is 4.56. The summed E-state index contributed by atoms with van der Waals surface area (Å²) in [6, 6.07) is 5.50. The molecule has 1 heterocycles. The van der Waals surface area contributed by atoms with E-state index in [9.17, 15) is 9.90 Å². The first kappa shape index (κ1) is 14.8. The van der Waals surface area contributed by atoms with E-state index in [2.05, 4.69) is 0 Å². The number of amides is 1. The molecule has 1 amide bonds. The molecule has 5 nitrogen and oxygen atoms in total. The summed E-state index contributed by atoms with van der Waals surface area (Å²) in [4.78, 5) is 13.4. The van der Waals surface area contributed by atoms with Crippen LogP contribution in [-0.4, -0.2) is 30.2 Å². The molecule has 20 heavy (non-hydrogen) atoms. The summed E-state index contributed by atoms with van der Waals surface area (Å²) in [6.07, 6.45) is 0.797. The van der Waals surface area contributed by atoms with Crippen molar-refractivity contribution in [3.8, 4) is 5.75 Å². The Morgan fingerprint density at radius 1 is 1.60 bits per heavy atom. The molecule has 0 radical (unpaired) electrons. The lowest BCUT2D eigenvalue weighted by molar-refractivity contribution is -0.117. The van der Waals surface area contributed by atoms with E-state index < -0.39 is 6.10 Å². The number of aliphatic hydroxyl groups excluding tert-OH is 1. The van der Waals surface area contributed by atoms with Gasteiger partial charge in [0.15, 0.2) is 0 Å². The van der Waals surface area contributed by atoms with Gasteiger partial charge in [-0.1, -0.05) is 6.07 Å². The zero-order valence-corrected chi connectivity index (χ0v) is 12.0. The van der Waals surface area contributed by atoms with Crippen molar-refractivity contribution in [1.82, 2.24) is 0 Å². The summed E-state index contributed by atoms with van der Waals surface area (Å²) in [5.41, 5.74) is 6.99. The molecule has 2 atom stereocenters. The Labute approximate surface area is 119 Å². The van der Waals surface area contributed by atoms with Crippen LogP contribution in [-0.2, 0) is 4.79 Å². The topological polar surface area (TPSA) is 75.8 Å². The third kappa shape index (κ3) is 3.11. The minimum Gasteiger partial charge on any atom is -0.487 e. The van der Waals surface area contributed by atoms with E-state index in [4.69, 9.17) is 10.5 Å². The van der Waals surface area contributed by atoms with Crippen LogP contribution in [0.25, 0.3) is 0 Å². The average Bonchev–Trinajstić information content (AvgIpc) is 2.43. The standard InChI is InChI=1S/C15H22N2O3/c1-10-9-17(11(2)18)13-8-12(5-6-15(13)20-10)14(19)4-3-7-16/h5-6,8,10,14,19H,3-4,7,9,16H2,1-2H3. The van der Waals surface area contributed by atoms with Crippen molar-refractivity contribution in [3.63, 3.8) is 0 Å². The molecular formula is C15H22N2O3. The Morgan fingerprint density at radius 3 is 3.00 bits per heavy atom. The van der Waals surface area contributed by atoms with Crippen molar-refractivity contribution in [3.05, 3.63) is 23.8 Å². The Hall–Kier alpha value is -1.59. The molecule has 110 valence electrons. The van der Waals surface area contributed by atoms with Crippen LogP contribution >= 0.6 is 0 Å². The quantitative estimate of drug-likeness (QED) is 0.877. The number of nitrogens with two attached hydrogens (primary N) is 1. The third-order valence-corrected chi connectivity index (χ3v) is 3.49. The molecule has 0 saturated heterocycles. The Morgan fingerprint density at radius 2 is 2.35 bits per heavy atom. The van der Waals surface area contributed by atoms with Gasteiger partial charge in [-0.15, -0.1) is 0 Å². The van der Waals surface area contributed by atoms with Crippen LogP contribution in [0, 0.1) is 0 Å². The van der Waals surface area contributed by atoms with E-state index in [1.807, 2.05) is 25.1 Å². The number of fused-ring (bicyclic) bond motifs is 1. The van der Waals surface area contributed by atoms with Crippen LogP contribution < -0.4 is 15.4 Å². The fourth-order valence-electron chi connectivity index (χ4n) is 2.44. The van der Waals surface area contributed by atoms with Gasteiger partial charge in [-0.2, -0.15) is 0 Å². The summed E-state index contributed by atoms with van der Waals surface area (Å²) < 4.78 is 5.73. The van der Waals surface area contributed by atoms with Crippen LogP contribution in [0.4, 0.5) is 5.69 Å². The fraction of sp³-hybridized carbons (Fsp3) is 0.533. The van der Waals surface area contributed by atoms with E-state index in [1.165, 1.54) is 0 Å². The molecule has 1 aliphatic heterocycles. The highest BCUT2D eigenvalue weighted by Gasteiger charge is 2.26. The van der Waals surface area contributed by atoms with Crippen molar-refractivity contribution < 1.29 is 14.6 Å². The Kier molecular flexibility index (Phi) is 4.62. The first-order chi connectivity index (χ1) is 9.52. The molecule has 2 rings (SSSR count). The number of nitrogens with zero attached hydrogens (tertiary/aromatic N) is 1. The van der Waals surface area contributed by atoms with Crippen molar-refractivity contribution in [1.29, 1.82) is 0 Å². The van der Waals surface area contributed by atoms with Crippen LogP contribution in [0.2, 0.25) is 0 Å². The molecule has 0 saturated carbocycles. The van der Waals surface area contributed by atoms with E-state index >= 15 is 0 Å². The summed E-state index contributed by atoms with van der Waals surface area (Å²) >= 11 is 0. The highest BCUT2D eigenvalue weighted by molar-refractivity contribution is 5.93. The lowest BCUT2D eigenvalue weighted by Crippen LogP contribution is -2.41. The summed E-state index contributed by atoms with van der Waals surface area (Å²) in [7, 11) is 0. The number of hydrogen-bond donors (Lipinski definition) is 2. The minimum absolute atomic E-state index is 0.0185. The lowest BCUT2D eigenvalue weighted by Gasteiger charge is -2.33. The van der Waals surface area contributed by atoms with Gasteiger partial charge in [0.2, 0.25) is 5.91 Å². The van der Waals surface area contributed by atoms with Crippen LogP contribution in [0.3, 0.4) is 0 Å². The molecule has 0 aromatic heterocycles. The normalized spacial score (nSPS) is 19.2. The van der Waals surface area contributed by atoms with Gasteiger partial charge in [0, 0.05) is 6.92 Å². The van der Waals surface area contributed by atoms with E-state index in [1.54, 1.807) is 11.8 Å². The van der Waals surface area contributed by atoms with E-state index in [0.29, 0.717) is 25.3 Å². The average molecular weight is 278 g/mol. The van der Waals surface area contributed by atoms with Gasteiger partial charge in [-0.25, -0.2) is 0 Å². The number of ether oxygens (including phenoxy) is 1. The van der Waals surface area contributed by atoms with Gasteiger partial charge in [-0.05, 0) is 44.0 Å². The highest BCUT2D eigenvalue weighted by Crippen LogP contribution is 2.36. The first-order valence-corrected chi connectivity index (χ1v) is 6.99. The number of carbonyl (C=O) groups excluding carboxylic acids is 1. The molecule has 1 aromatic carbocycles. The highest BCUT2D eigenvalue weighted by atomic mass is 16.5. The molecule has 2 unspecified atom stereocenters. The third-order valence-electron chi connectivity index (χ3n) is 3.49. The van der Waals surface area contributed by atoms with Crippen LogP contribution in [0.5, 0.6) is 5.75 Å². The maximum Gasteiger partial charge on any atom is 0.224 e. The Balaban J connectivity index is 2.28. The van der Waals surface area contributed by atoms with Crippen molar-refractivity contribution >= 4 is 11.6 Å². The van der Waals surface area contributed by atoms with Crippen LogP contribution in [0.15, 0.2) is 18.2 Å². The molecule has 0 aliphatic carbocycles. The van der Waals surface area contributed by atoms with Gasteiger partial charge in [-0.3, -0.25) is 4.79 Å². The molecule has 1 aromatic rings. The predicted molar refractivity (Wildman–Crippen MR) is 77.8 cm³/mol. The number of anilines is 1. The molecule has 0 fully saturated rings. The van der Waals surface area contributed by atoms with Crippen molar-refractivity contribution in [2.24, 2.45) is 5.73 Å². The minimum atomic E-state index is -0.558. The molecule has 5 heteroatoms. The second kappa shape index (κ2) is 6.24. The van der Waals surface area contributed by atoms with Crippen LogP contribution in [0.1, 0.15) is 38.4 Å². The number of hydrogen-bond acceptors (Lipinski definition) is 4. The summed E-state index contributed by atoms with van der Waals surface area (Å²) in [5.74, 6) is 0.670. The van der Waals surface area contributed by atoms with Gasteiger partial charge < -0.3 is 20.5 Å². The van der Waals surface area contributed by atoms with Gasteiger partial charge in [0.05, 0.1) is 18.3 Å². The zero-order valence-electron chi connectivity index (χ0n) is 12.0. The number of rotatable bonds is 4. The molecule has 0 bridgehead atoms. The maximum atomic E-state index is 11.8. The first-order valence-electron chi connectivity index (χ1n) is 6.99. The van der Waals surface area contributed by atoms with Crippen molar-refractivity contribution in [2.45, 2.75) is 38.9 Å². The largest absolute Gasteiger partial charge is 0.487 e. The fourth-order valence-corrected chi connectivity index (χ4v) is 2.44. The maximum absolute atomic E-state index is 11.8. The smallest absolute Gasteiger partial charge is 0.224 e. The molecule has 3 N–H and O–H groups in total. The summed E-state index contributed by atoms with van der Waals surface area (Å²) in [5, 5.41) is 10.1. The van der Waals surface area contributed by atoms with Gasteiger partial charge in [0.1, 0.15) is 11.9 Å². The lowest BCUT2D eigenvalue weighted by atomic mass is 10.0. The number of benzene rings is 1. The molecule has 0 spiro atoms. The monoisotopic (exact) mass is 278 g/mol. The Bertz CT molecular complexity index is 490. The SMILES string of the molecule is CC(=O)N1CC(C)Oc2ccc(C(O)CCCN)cc21. The van der Waals surface area contributed by atoms with E-state index in [0.717, 1.165) is 17.7 Å². The van der Waals surface area contributed by atoms with E-state index in [-0.39, 0.29) is 12.0 Å². The van der Waals surface area contributed by atoms with Gasteiger partial charge in [0.25, 0.3) is 0 Å². The van der Waals surface area contributed by atoms with Gasteiger partial charge >= 0.3 is 0 Å². The molecular weight excluding hydrogens is 256 g/mol. The zero-order chi connectivity index (χ0) is 14.7. The van der Waals surface area contributed by atoms with Crippen molar-refractivity contribution in [2.75, 3.05) is 18.0 Å². The second-order valence-electron chi connectivity index (χ2n) is 5.23.